The first-order chi connectivity index (χ1) is 9.38. The molecule has 0 atom stereocenters. The number of carboxylic acid groups (broad SMARTS) is 1. The first-order valence-corrected chi connectivity index (χ1v) is 6.14. The molecule has 0 aliphatic rings. The monoisotopic (exact) mass is 303 g/mol. The van der Waals surface area contributed by atoms with Crippen molar-refractivity contribution in [3.05, 3.63) is 29.3 Å². The van der Waals surface area contributed by atoms with Gasteiger partial charge in [0.1, 0.15) is 0 Å². The van der Waals surface area contributed by atoms with Crippen molar-refractivity contribution in [2.75, 3.05) is 5.32 Å². The molecule has 4 nitrogen and oxygen atoms in total. The van der Waals surface area contributed by atoms with Gasteiger partial charge < -0.3 is 10.4 Å². The van der Waals surface area contributed by atoms with E-state index in [2.05, 4.69) is 5.32 Å². The van der Waals surface area contributed by atoms with Gasteiger partial charge >= 0.3 is 12.1 Å². The van der Waals surface area contributed by atoms with Gasteiger partial charge in [0, 0.05) is 12.1 Å². The maximum Gasteiger partial charge on any atom is 0.416 e. The Morgan fingerprint density at radius 3 is 2.14 bits per heavy atom. The van der Waals surface area contributed by atoms with Crippen LogP contribution in [0.1, 0.15) is 43.1 Å². The van der Waals surface area contributed by atoms with E-state index in [1.165, 1.54) is 0 Å². The number of carboxylic acids is 1. The highest BCUT2D eigenvalue weighted by molar-refractivity contribution is 5.94. The maximum absolute atomic E-state index is 12.7. The summed E-state index contributed by atoms with van der Waals surface area (Å²) in [5, 5.41) is 11.1. The van der Waals surface area contributed by atoms with E-state index in [9.17, 15) is 22.8 Å². The van der Waals surface area contributed by atoms with Gasteiger partial charge in [-0.25, -0.2) is 4.79 Å². The third-order valence-corrected chi connectivity index (χ3v) is 2.48. The minimum atomic E-state index is -4.69. The van der Waals surface area contributed by atoms with Crippen LogP contribution in [0, 0.1) is 5.41 Å². The SMILES string of the molecule is CC(C)(C)CC(=O)Nc1cc(C(=O)O)cc(C(F)(F)F)c1. The molecule has 0 aliphatic heterocycles. The highest BCUT2D eigenvalue weighted by atomic mass is 19.4. The second-order valence-electron chi connectivity index (χ2n) is 5.89. The molecule has 0 unspecified atom stereocenters. The number of nitrogens with one attached hydrogen (secondary N) is 1. The molecule has 7 heteroatoms. The average molecular weight is 303 g/mol. The van der Waals surface area contributed by atoms with Crippen molar-refractivity contribution in [3.63, 3.8) is 0 Å². The molecule has 0 aromatic heterocycles. The van der Waals surface area contributed by atoms with Crippen molar-refractivity contribution in [2.45, 2.75) is 33.4 Å². The zero-order chi connectivity index (χ0) is 16.4. The predicted molar refractivity (Wildman–Crippen MR) is 71.1 cm³/mol. The summed E-state index contributed by atoms with van der Waals surface area (Å²) in [5.74, 6) is -1.97. The third-order valence-electron chi connectivity index (χ3n) is 2.48. The second-order valence-corrected chi connectivity index (χ2v) is 5.89. The average Bonchev–Trinajstić information content (AvgIpc) is 2.24. The lowest BCUT2D eigenvalue weighted by atomic mass is 9.92. The molecular weight excluding hydrogens is 287 g/mol. The Bertz CT molecular complexity index is 560. The second kappa shape index (κ2) is 5.75. The van der Waals surface area contributed by atoms with Gasteiger partial charge in [-0.15, -0.1) is 0 Å². The van der Waals surface area contributed by atoms with Gasteiger partial charge in [-0.2, -0.15) is 13.2 Å². The number of carbonyl (C=O) groups is 2. The Morgan fingerprint density at radius 1 is 1.14 bits per heavy atom. The molecule has 1 aromatic rings. The topological polar surface area (TPSA) is 66.4 Å². The standard InChI is InChI=1S/C14H16F3NO3/c1-13(2,3)7-11(19)18-10-5-8(12(20)21)4-9(6-10)14(15,16)17/h4-6H,7H2,1-3H3,(H,18,19)(H,20,21). The third kappa shape index (κ3) is 5.45. The number of carbonyl (C=O) groups excluding carboxylic acids is 1. The summed E-state index contributed by atoms with van der Waals surface area (Å²) in [5.41, 5.74) is -2.16. The van der Waals surface area contributed by atoms with Crippen LogP contribution in [0.3, 0.4) is 0 Å². The normalized spacial score (nSPS) is 12.1. The number of anilines is 1. The van der Waals surface area contributed by atoms with Gasteiger partial charge in [0.2, 0.25) is 5.91 Å². The Balaban J connectivity index is 3.10. The zero-order valence-electron chi connectivity index (χ0n) is 11.8. The summed E-state index contributed by atoms with van der Waals surface area (Å²) in [7, 11) is 0. The Labute approximate surface area is 120 Å². The smallest absolute Gasteiger partial charge is 0.416 e. The fourth-order valence-corrected chi connectivity index (χ4v) is 1.67. The molecule has 0 aliphatic carbocycles. The number of hydrogen-bond acceptors (Lipinski definition) is 2. The lowest BCUT2D eigenvalue weighted by Crippen LogP contribution is -2.20. The van der Waals surface area contributed by atoms with Crippen LogP contribution in [0.4, 0.5) is 18.9 Å². The minimum absolute atomic E-state index is 0.103. The maximum atomic E-state index is 12.7. The van der Waals surface area contributed by atoms with E-state index in [-0.39, 0.29) is 17.5 Å². The Hall–Kier alpha value is -2.05. The van der Waals surface area contributed by atoms with E-state index in [1.54, 1.807) is 20.8 Å². The van der Waals surface area contributed by atoms with Crippen LogP contribution in [-0.2, 0) is 11.0 Å². The van der Waals surface area contributed by atoms with Gasteiger partial charge in [0.25, 0.3) is 0 Å². The molecule has 1 rings (SSSR count). The summed E-state index contributed by atoms with van der Waals surface area (Å²) in [6.45, 7) is 5.42. The molecule has 0 heterocycles. The van der Waals surface area contributed by atoms with Crippen molar-refractivity contribution in [2.24, 2.45) is 5.41 Å². The van der Waals surface area contributed by atoms with Gasteiger partial charge in [-0.3, -0.25) is 4.79 Å². The number of rotatable bonds is 3. The first-order valence-electron chi connectivity index (χ1n) is 6.14. The van der Waals surface area contributed by atoms with Crippen molar-refractivity contribution in [1.29, 1.82) is 0 Å². The van der Waals surface area contributed by atoms with Crippen LogP contribution in [0.5, 0.6) is 0 Å². The number of hydrogen-bond donors (Lipinski definition) is 2. The molecule has 0 saturated carbocycles. The number of alkyl halides is 3. The molecular formula is C14H16F3NO3. The zero-order valence-corrected chi connectivity index (χ0v) is 11.8. The number of halogens is 3. The van der Waals surface area contributed by atoms with E-state index < -0.39 is 29.2 Å². The lowest BCUT2D eigenvalue weighted by molar-refractivity contribution is -0.137. The van der Waals surface area contributed by atoms with Crippen molar-refractivity contribution in [3.8, 4) is 0 Å². The molecule has 0 saturated heterocycles. The quantitative estimate of drug-likeness (QED) is 0.893. The van der Waals surface area contributed by atoms with Crippen LogP contribution in [0.2, 0.25) is 0 Å². The molecule has 116 valence electrons. The largest absolute Gasteiger partial charge is 0.478 e. The van der Waals surface area contributed by atoms with E-state index in [1.807, 2.05) is 0 Å². The number of benzene rings is 1. The van der Waals surface area contributed by atoms with E-state index in [4.69, 9.17) is 5.11 Å². The molecule has 1 aromatic carbocycles. The summed E-state index contributed by atoms with van der Waals surface area (Å²) in [6.07, 6.45) is -4.58. The molecule has 0 fully saturated rings. The van der Waals surface area contributed by atoms with Crippen molar-refractivity contribution >= 4 is 17.6 Å². The van der Waals surface area contributed by atoms with Crippen molar-refractivity contribution < 1.29 is 27.9 Å². The highest BCUT2D eigenvalue weighted by Gasteiger charge is 2.32. The van der Waals surface area contributed by atoms with Gasteiger partial charge in [-0.1, -0.05) is 20.8 Å². The fraction of sp³-hybridized carbons (Fsp3) is 0.429. The first kappa shape index (κ1) is 17.0. The van der Waals surface area contributed by atoms with Crippen LogP contribution < -0.4 is 5.32 Å². The Kier molecular flexibility index (Phi) is 4.65. The predicted octanol–water partition coefficient (Wildman–Crippen LogP) is 3.78. The molecule has 2 N–H and O–H groups in total. The molecule has 1 amide bonds. The Morgan fingerprint density at radius 2 is 1.71 bits per heavy atom. The summed E-state index contributed by atoms with van der Waals surface area (Å²) in [6, 6.07) is 2.24. The summed E-state index contributed by atoms with van der Waals surface area (Å²) >= 11 is 0. The van der Waals surface area contributed by atoms with Gasteiger partial charge in [0.05, 0.1) is 11.1 Å². The van der Waals surface area contributed by atoms with Crippen LogP contribution in [-0.4, -0.2) is 17.0 Å². The van der Waals surface area contributed by atoms with Crippen LogP contribution >= 0.6 is 0 Å². The molecule has 21 heavy (non-hydrogen) atoms. The highest BCUT2D eigenvalue weighted by Crippen LogP contribution is 2.32. The molecule has 0 bridgehead atoms. The summed E-state index contributed by atoms with van der Waals surface area (Å²) in [4.78, 5) is 22.6. The van der Waals surface area contributed by atoms with Crippen LogP contribution in [0.15, 0.2) is 18.2 Å². The minimum Gasteiger partial charge on any atom is -0.478 e. The number of amides is 1. The molecule has 0 radical (unpaired) electrons. The van der Waals surface area contributed by atoms with E-state index in [0.29, 0.717) is 12.1 Å². The van der Waals surface area contributed by atoms with Gasteiger partial charge in [0.15, 0.2) is 0 Å². The lowest BCUT2D eigenvalue weighted by Gasteiger charge is -2.18. The number of aromatic carboxylic acids is 1. The summed E-state index contributed by atoms with van der Waals surface area (Å²) < 4.78 is 38.1. The van der Waals surface area contributed by atoms with Gasteiger partial charge in [-0.05, 0) is 23.6 Å². The fourth-order valence-electron chi connectivity index (χ4n) is 1.67. The van der Waals surface area contributed by atoms with E-state index >= 15 is 0 Å². The van der Waals surface area contributed by atoms with Crippen LogP contribution in [0.25, 0.3) is 0 Å². The van der Waals surface area contributed by atoms with E-state index in [0.717, 1.165) is 6.07 Å². The molecule has 0 spiro atoms. The van der Waals surface area contributed by atoms with Crippen molar-refractivity contribution in [1.82, 2.24) is 0 Å².